The Morgan fingerprint density at radius 3 is 1.80 bits per heavy atom. The van der Waals surface area contributed by atoms with Crippen molar-refractivity contribution in [3.63, 3.8) is 0 Å². The van der Waals surface area contributed by atoms with Crippen molar-refractivity contribution in [1.29, 1.82) is 0 Å². The number of anilines is 2. The molecule has 0 saturated carbocycles. The van der Waals surface area contributed by atoms with Gasteiger partial charge in [-0.3, -0.25) is 4.72 Å². The van der Waals surface area contributed by atoms with E-state index in [4.69, 9.17) is 0 Å². The molecule has 0 heterocycles. The lowest BCUT2D eigenvalue weighted by Gasteiger charge is -2.11. The third kappa shape index (κ3) is 5.37. The van der Waals surface area contributed by atoms with Crippen LogP contribution in [0.2, 0.25) is 0 Å². The quantitative estimate of drug-likeness (QED) is 0.537. The molecule has 0 aliphatic heterocycles. The summed E-state index contributed by atoms with van der Waals surface area (Å²) in [6, 6.07) is 18.8. The molecule has 2 amide bonds. The van der Waals surface area contributed by atoms with E-state index >= 15 is 0 Å². The Morgan fingerprint density at radius 1 is 0.667 bits per heavy atom. The molecule has 0 spiro atoms. The molecule has 0 radical (unpaired) electrons. The van der Waals surface area contributed by atoms with Gasteiger partial charge < -0.3 is 5.32 Å². The van der Waals surface area contributed by atoms with Crippen LogP contribution < -0.4 is 14.8 Å². The van der Waals surface area contributed by atoms with Crippen LogP contribution in [0.3, 0.4) is 0 Å². The minimum atomic E-state index is -4.01. The summed E-state index contributed by atoms with van der Waals surface area (Å²) in [4.78, 5) is 12.1. The number of hydrogen-bond donors (Lipinski definition) is 3. The summed E-state index contributed by atoms with van der Waals surface area (Å²) in [6.07, 6.45) is 0. The lowest BCUT2D eigenvalue weighted by atomic mass is 10.2. The minimum absolute atomic E-state index is 0.0334. The van der Waals surface area contributed by atoms with E-state index in [0.29, 0.717) is 0 Å². The van der Waals surface area contributed by atoms with Crippen molar-refractivity contribution in [2.24, 2.45) is 0 Å². The van der Waals surface area contributed by atoms with Gasteiger partial charge >= 0.3 is 6.03 Å². The zero-order valence-electron chi connectivity index (χ0n) is 15.9. The second kappa shape index (κ2) is 8.56. The first-order valence-corrected chi connectivity index (χ1v) is 11.7. The van der Waals surface area contributed by atoms with Crippen molar-refractivity contribution in [3.8, 4) is 0 Å². The number of amides is 2. The average Bonchev–Trinajstić information content (AvgIpc) is 2.70. The van der Waals surface area contributed by atoms with E-state index in [-0.39, 0.29) is 21.2 Å². The molecule has 156 valence electrons. The molecule has 0 fully saturated rings. The number of carbonyl (C=O) groups excluding carboxylic acids is 1. The summed E-state index contributed by atoms with van der Waals surface area (Å²) in [5, 5.41) is 2.39. The molecular formula is C20H19N3O5S2. The van der Waals surface area contributed by atoms with Crippen molar-refractivity contribution in [3.05, 3.63) is 84.4 Å². The van der Waals surface area contributed by atoms with Crippen molar-refractivity contribution < 1.29 is 21.6 Å². The summed E-state index contributed by atoms with van der Waals surface area (Å²) in [7, 11) is -7.75. The molecular weight excluding hydrogens is 426 g/mol. The number of carbonyl (C=O) groups is 1. The molecule has 3 rings (SSSR count). The highest BCUT2D eigenvalue weighted by molar-refractivity contribution is 7.92. The molecule has 0 atom stereocenters. The molecule has 0 saturated heterocycles. The van der Waals surface area contributed by atoms with Crippen LogP contribution in [0, 0.1) is 6.92 Å². The van der Waals surface area contributed by atoms with Gasteiger partial charge in [0.05, 0.1) is 9.79 Å². The molecule has 3 N–H and O–H groups in total. The van der Waals surface area contributed by atoms with E-state index in [0.717, 1.165) is 5.56 Å². The maximum Gasteiger partial charge on any atom is 0.333 e. The first kappa shape index (κ1) is 21.3. The predicted molar refractivity (Wildman–Crippen MR) is 114 cm³/mol. The first-order valence-electron chi connectivity index (χ1n) is 8.74. The van der Waals surface area contributed by atoms with Gasteiger partial charge in [-0.1, -0.05) is 35.9 Å². The number of benzene rings is 3. The number of rotatable bonds is 6. The SMILES string of the molecule is Cc1ccc(S(=O)(=O)NC(=O)Nc2ccc(NS(=O)(=O)c3ccccc3)cc2)cc1. The van der Waals surface area contributed by atoms with Crippen LogP contribution in [0.1, 0.15) is 5.56 Å². The van der Waals surface area contributed by atoms with Crippen LogP contribution in [0.4, 0.5) is 16.2 Å². The third-order valence-corrected chi connectivity index (χ3v) is 6.75. The van der Waals surface area contributed by atoms with E-state index in [1.807, 2.05) is 11.6 Å². The van der Waals surface area contributed by atoms with Gasteiger partial charge in [-0.2, -0.15) is 0 Å². The molecule has 3 aromatic carbocycles. The summed E-state index contributed by atoms with van der Waals surface area (Å²) in [5.74, 6) is 0. The fraction of sp³-hybridized carbons (Fsp3) is 0.0500. The van der Waals surface area contributed by atoms with Crippen molar-refractivity contribution >= 4 is 37.5 Å². The van der Waals surface area contributed by atoms with Crippen LogP contribution in [0.25, 0.3) is 0 Å². The minimum Gasteiger partial charge on any atom is -0.307 e. The van der Waals surface area contributed by atoms with Gasteiger partial charge in [-0.25, -0.2) is 26.4 Å². The Balaban J connectivity index is 1.64. The average molecular weight is 446 g/mol. The fourth-order valence-electron chi connectivity index (χ4n) is 2.49. The third-order valence-electron chi connectivity index (χ3n) is 4.01. The number of hydrogen-bond acceptors (Lipinski definition) is 5. The van der Waals surface area contributed by atoms with Crippen LogP contribution in [0.15, 0.2) is 88.7 Å². The normalized spacial score (nSPS) is 11.5. The number of urea groups is 1. The Bertz CT molecular complexity index is 1240. The van der Waals surface area contributed by atoms with Gasteiger partial charge in [-0.15, -0.1) is 0 Å². The van der Waals surface area contributed by atoms with Crippen LogP contribution in [-0.2, 0) is 20.0 Å². The molecule has 0 aliphatic rings. The second-order valence-corrected chi connectivity index (χ2v) is 9.73. The summed E-state index contributed by atoms with van der Waals surface area (Å²) < 4.78 is 53.5. The molecule has 0 unspecified atom stereocenters. The van der Waals surface area contributed by atoms with Gasteiger partial charge in [0.2, 0.25) is 0 Å². The summed E-state index contributed by atoms with van der Waals surface area (Å²) in [5.41, 5.74) is 1.47. The largest absolute Gasteiger partial charge is 0.333 e. The monoisotopic (exact) mass is 445 g/mol. The van der Waals surface area contributed by atoms with Crippen LogP contribution >= 0.6 is 0 Å². The van der Waals surface area contributed by atoms with E-state index < -0.39 is 26.1 Å². The molecule has 30 heavy (non-hydrogen) atoms. The lowest BCUT2D eigenvalue weighted by Crippen LogP contribution is -2.34. The maximum atomic E-state index is 12.3. The van der Waals surface area contributed by atoms with Gasteiger partial charge in [-0.05, 0) is 55.5 Å². The Kier molecular flexibility index (Phi) is 6.09. The van der Waals surface area contributed by atoms with E-state index in [1.165, 1.54) is 48.5 Å². The maximum absolute atomic E-state index is 12.3. The van der Waals surface area contributed by atoms with Crippen LogP contribution in [0.5, 0.6) is 0 Å². The predicted octanol–water partition coefficient (Wildman–Crippen LogP) is 3.31. The van der Waals surface area contributed by atoms with Gasteiger partial charge in [0, 0.05) is 11.4 Å². The zero-order chi connectivity index (χ0) is 21.8. The first-order chi connectivity index (χ1) is 14.2. The molecule has 10 heteroatoms. The fourth-order valence-corrected chi connectivity index (χ4v) is 4.48. The molecule has 0 aliphatic carbocycles. The molecule has 8 nitrogen and oxygen atoms in total. The smallest absolute Gasteiger partial charge is 0.307 e. The molecule has 0 aromatic heterocycles. The number of sulfonamides is 2. The van der Waals surface area contributed by atoms with Crippen molar-refractivity contribution in [1.82, 2.24) is 4.72 Å². The van der Waals surface area contributed by atoms with E-state index in [2.05, 4.69) is 10.0 Å². The highest BCUT2D eigenvalue weighted by atomic mass is 32.2. The Labute approximate surface area is 175 Å². The van der Waals surface area contributed by atoms with Gasteiger partial charge in [0.1, 0.15) is 0 Å². The zero-order valence-corrected chi connectivity index (χ0v) is 17.5. The van der Waals surface area contributed by atoms with Crippen LogP contribution in [-0.4, -0.2) is 22.9 Å². The number of nitrogens with one attached hydrogen (secondary N) is 3. The lowest BCUT2D eigenvalue weighted by molar-refractivity contribution is 0.256. The van der Waals surface area contributed by atoms with Crippen molar-refractivity contribution in [2.75, 3.05) is 10.0 Å². The van der Waals surface area contributed by atoms with Crippen molar-refractivity contribution in [2.45, 2.75) is 16.7 Å². The second-order valence-electron chi connectivity index (χ2n) is 6.37. The topological polar surface area (TPSA) is 121 Å². The van der Waals surface area contributed by atoms with Gasteiger partial charge in [0.25, 0.3) is 20.0 Å². The molecule has 0 bridgehead atoms. The Hall–Kier alpha value is -3.37. The molecule has 3 aromatic rings. The highest BCUT2D eigenvalue weighted by Gasteiger charge is 2.18. The highest BCUT2D eigenvalue weighted by Crippen LogP contribution is 2.18. The van der Waals surface area contributed by atoms with E-state index in [9.17, 15) is 21.6 Å². The number of aryl methyl sites for hydroxylation is 1. The van der Waals surface area contributed by atoms with Gasteiger partial charge in [0.15, 0.2) is 0 Å². The standard InChI is InChI=1S/C20H19N3O5S2/c1-15-7-13-19(14-8-15)30(27,28)23-20(24)21-16-9-11-17(12-10-16)22-29(25,26)18-5-3-2-4-6-18/h2-14,22H,1H3,(H2,21,23,24). The Morgan fingerprint density at radius 2 is 1.20 bits per heavy atom. The van der Waals surface area contributed by atoms with E-state index in [1.54, 1.807) is 30.3 Å². The summed E-state index contributed by atoms with van der Waals surface area (Å²) >= 11 is 0. The summed E-state index contributed by atoms with van der Waals surface area (Å²) in [6.45, 7) is 1.82.